The van der Waals surface area contributed by atoms with E-state index < -0.39 is 5.91 Å². The van der Waals surface area contributed by atoms with Crippen molar-refractivity contribution in [3.8, 4) is 0 Å². The third kappa shape index (κ3) is 2.69. The summed E-state index contributed by atoms with van der Waals surface area (Å²) < 4.78 is 5.32. The van der Waals surface area contributed by atoms with Crippen LogP contribution in [0.3, 0.4) is 0 Å². The van der Waals surface area contributed by atoms with Crippen LogP contribution < -0.4 is 10.6 Å². The molecule has 2 heterocycles. The number of aliphatic hydroxyl groups is 1. The topological polar surface area (TPSA) is 102 Å². The maximum atomic E-state index is 10.9. The lowest BCUT2D eigenvalue weighted by molar-refractivity contribution is 0.00313. The Morgan fingerprint density at radius 2 is 2.29 bits per heavy atom. The van der Waals surface area contributed by atoms with Gasteiger partial charge in [-0.25, -0.2) is 9.97 Å². The number of carbonyl (C=O) groups is 1. The minimum Gasteiger partial charge on any atom is -0.394 e. The summed E-state index contributed by atoms with van der Waals surface area (Å²) in [6.07, 6.45) is 2.57. The van der Waals surface area contributed by atoms with Gasteiger partial charge in [0.15, 0.2) is 0 Å². The molecule has 0 saturated carbocycles. The molecule has 0 bridgehead atoms. The van der Waals surface area contributed by atoms with Crippen LogP contribution in [0.4, 0.5) is 5.95 Å². The molecule has 7 nitrogen and oxygen atoms in total. The molecule has 1 fully saturated rings. The summed E-state index contributed by atoms with van der Waals surface area (Å²) in [5, 5.41) is 9.02. The van der Waals surface area contributed by atoms with Crippen molar-refractivity contribution in [2.24, 2.45) is 5.73 Å². The molecule has 0 aromatic carbocycles. The number of amides is 1. The van der Waals surface area contributed by atoms with Gasteiger partial charge in [0.25, 0.3) is 5.91 Å². The Morgan fingerprint density at radius 1 is 1.59 bits per heavy atom. The fraction of sp³-hybridized carbons (Fsp3) is 0.500. The van der Waals surface area contributed by atoms with Gasteiger partial charge in [-0.1, -0.05) is 0 Å². The number of hydrogen-bond donors (Lipinski definition) is 2. The van der Waals surface area contributed by atoms with Gasteiger partial charge in [-0.05, 0) is 0 Å². The first-order valence-electron chi connectivity index (χ1n) is 5.30. The lowest BCUT2D eigenvalue weighted by Crippen LogP contribution is -2.44. The molecule has 0 aliphatic carbocycles. The first-order valence-corrected chi connectivity index (χ1v) is 5.30. The zero-order valence-corrected chi connectivity index (χ0v) is 9.24. The summed E-state index contributed by atoms with van der Waals surface area (Å²) in [5.74, 6) is -0.0384. The molecular formula is C10H14N4O3. The largest absolute Gasteiger partial charge is 0.394 e. The highest BCUT2D eigenvalue weighted by Gasteiger charge is 2.21. The highest BCUT2D eigenvalue weighted by Crippen LogP contribution is 2.12. The molecule has 1 saturated heterocycles. The molecule has 1 atom stereocenters. The number of anilines is 1. The van der Waals surface area contributed by atoms with Crippen molar-refractivity contribution in [3.63, 3.8) is 0 Å². The SMILES string of the molecule is NC(=O)c1cnc(N2CCOC(CO)C2)nc1. The Morgan fingerprint density at radius 3 is 2.88 bits per heavy atom. The van der Waals surface area contributed by atoms with E-state index in [1.165, 1.54) is 12.4 Å². The van der Waals surface area contributed by atoms with Crippen LogP contribution in [-0.2, 0) is 4.74 Å². The summed E-state index contributed by atoms with van der Waals surface area (Å²) >= 11 is 0. The van der Waals surface area contributed by atoms with Crippen LogP contribution in [0.5, 0.6) is 0 Å². The number of nitrogens with two attached hydrogens (primary N) is 1. The molecular weight excluding hydrogens is 224 g/mol. The van der Waals surface area contributed by atoms with E-state index >= 15 is 0 Å². The van der Waals surface area contributed by atoms with E-state index in [1.807, 2.05) is 4.90 Å². The van der Waals surface area contributed by atoms with Crippen LogP contribution >= 0.6 is 0 Å². The van der Waals surface area contributed by atoms with Gasteiger partial charge in [0.1, 0.15) is 0 Å². The number of aliphatic hydroxyl groups excluding tert-OH is 1. The number of carbonyl (C=O) groups excluding carboxylic acids is 1. The van der Waals surface area contributed by atoms with E-state index in [4.69, 9.17) is 15.6 Å². The molecule has 1 unspecified atom stereocenters. The molecule has 7 heteroatoms. The van der Waals surface area contributed by atoms with Crippen LogP contribution in [0.1, 0.15) is 10.4 Å². The van der Waals surface area contributed by atoms with Gasteiger partial charge < -0.3 is 20.5 Å². The summed E-state index contributed by atoms with van der Waals surface area (Å²) in [6, 6.07) is 0. The molecule has 1 aromatic rings. The molecule has 0 radical (unpaired) electrons. The van der Waals surface area contributed by atoms with E-state index in [9.17, 15) is 4.79 Å². The predicted octanol–water partition coefficient (Wildman–Crippen LogP) is -1.23. The number of primary amides is 1. The van der Waals surface area contributed by atoms with Crippen molar-refractivity contribution in [3.05, 3.63) is 18.0 Å². The third-order valence-corrected chi connectivity index (χ3v) is 2.55. The number of rotatable bonds is 3. The van der Waals surface area contributed by atoms with Gasteiger partial charge in [-0.15, -0.1) is 0 Å². The predicted molar refractivity (Wildman–Crippen MR) is 59.6 cm³/mol. The van der Waals surface area contributed by atoms with Gasteiger partial charge in [-0.2, -0.15) is 0 Å². The molecule has 1 aromatic heterocycles. The summed E-state index contributed by atoms with van der Waals surface area (Å²) in [4.78, 5) is 20.9. The Bertz CT molecular complexity index is 395. The highest BCUT2D eigenvalue weighted by atomic mass is 16.5. The average Bonchev–Trinajstić information content (AvgIpc) is 2.39. The van der Waals surface area contributed by atoms with Gasteiger partial charge in [-0.3, -0.25) is 4.79 Å². The zero-order chi connectivity index (χ0) is 12.3. The Hall–Kier alpha value is -1.73. The molecule has 17 heavy (non-hydrogen) atoms. The van der Waals surface area contributed by atoms with Crippen molar-refractivity contribution in [1.82, 2.24) is 9.97 Å². The molecule has 0 spiro atoms. The highest BCUT2D eigenvalue weighted by molar-refractivity contribution is 5.92. The Labute approximate surface area is 98.2 Å². The number of nitrogens with zero attached hydrogens (tertiary/aromatic N) is 3. The average molecular weight is 238 g/mol. The van der Waals surface area contributed by atoms with E-state index in [0.29, 0.717) is 25.6 Å². The maximum Gasteiger partial charge on any atom is 0.251 e. The quantitative estimate of drug-likeness (QED) is 0.684. The van der Waals surface area contributed by atoms with Crippen LogP contribution in [-0.4, -0.2) is 53.4 Å². The van der Waals surface area contributed by atoms with Gasteiger partial charge >= 0.3 is 0 Å². The van der Waals surface area contributed by atoms with Crippen LogP contribution in [0, 0.1) is 0 Å². The maximum absolute atomic E-state index is 10.9. The van der Waals surface area contributed by atoms with Gasteiger partial charge in [0, 0.05) is 25.5 Å². The minimum atomic E-state index is -0.549. The van der Waals surface area contributed by atoms with Crippen LogP contribution in [0.15, 0.2) is 12.4 Å². The lowest BCUT2D eigenvalue weighted by atomic mass is 10.3. The van der Waals surface area contributed by atoms with E-state index in [0.717, 1.165) is 0 Å². The zero-order valence-electron chi connectivity index (χ0n) is 9.24. The van der Waals surface area contributed by atoms with Crippen LogP contribution in [0.25, 0.3) is 0 Å². The van der Waals surface area contributed by atoms with Crippen molar-refractivity contribution >= 4 is 11.9 Å². The molecule has 3 N–H and O–H groups in total. The molecule has 1 amide bonds. The monoisotopic (exact) mass is 238 g/mol. The van der Waals surface area contributed by atoms with Crippen molar-refractivity contribution in [2.45, 2.75) is 6.10 Å². The summed E-state index contributed by atoms with van der Waals surface area (Å²) in [6.45, 7) is 1.68. The Balaban J connectivity index is 2.08. The van der Waals surface area contributed by atoms with Gasteiger partial charge in [0.05, 0.1) is 24.9 Å². The van der Waals surface area contributed by atoms with Crippen molar-refractivity contribution in [2.75, 3.05) is 31.2 Å². The van der Waals surface area contributed by atoms with E-state index in [2.05, 4.69) is 9.97 Å². The lowest BCUT2D eigenvalue weighted by Gasteiger charge is -2.31. The summed E-state index contributed by atoms with van der Waals surface area (Å²) in [7, 11) is 0. The third-order valence-electron chi connectivity index (χ3n) is 2.55. The first-order chi connectivity index (χ1) is 8.20. The second-order valence-electron chi connectivity index (χ2n) is 3.76. The second kappa shape index (κ2) is 5.07. The smallest absolute Gasteiger partial charge is 0.251 e. The van der Waals surface area contributed by atoms with Crippen molar-refractivity contribution in [1.29, 1.82) is 0 Å². The fourth-order valence-electron chi connectivity index (χ4n) is 1.62. The van der Waals surface area contributed by atoms with E-state index in [-0.39, 0.29) is 18.3 Å². The van der Waals surface area contributed by atoms with Gasteiger partial charge in [0.2, 0.25) is 5.95 Å². The minimum absolute atomic E-state index is 0.0319. The standard InChI is InChI=1S/C10H14N4O3/c11-9(16)7-3-12-10(13-4-7)14-1-2-17-8(5-14)6-15/h3-4,8,15H,1-2,5-6H2,(H2,11,16). The molecule has 1 aliphatic heterocycles. The number of morpholine rings is 1. The second-order valence-corrected chi connectivity index (χ2v) is 3.76. The van der Waals surface area contributed by atoms with E-state index in [1.54, 1.807) is 0 Å². The number of aromatic nitrogens is 2. The normalized spacial score (nSPS) is 20.3. The number of ether oxygens (including phenoxy) is 1. The first kappa shape index (κ1) is 11.7. The molecule has 92 valence electrons. The Kier molecular flexibility index (Phi) is 3.50. The molecule has 1 aliphatic rings. The fourth-order valence-corrected chi connectivity index (χ4v) is 1.62. The number of hydrogen-bond acceptors (Lipinski definition) is 6. The van der Waals surface area contributed by atoms with Crippen molar-refractivity contribution < 1.29 is 14.6 Å². The molecule has 2 rings (SSSR count). The summed E-state index contributed by atoms with van der Waals surface area (Å²) in [5.41, 5.74) is 5.38. The van der Waals surface area contributed by atoms with Crippen LogP contribution in [0.2, 0.25) is 0 Å².